The molecule has 2 heterocycles. The highest BCUT2D eigenvalue weighted by Gasteiger charge is 2.38. The van der Waals surface area contributed by atoms with Gasteiger partial charge in [-0.25, -0.2) is 18.7 Å². The van der Waals surface area contributed by atoms with E-state index in [1.54, 1.807) is 35.4 Å². The van der Waals surface area contributed by atoms with Crippen LogP contribution in [-0.2, 0) is 11.2 Å². The maximum absolute atomic E-state index is 14.1. The number of hydrogen-bond donors (Lipinski definition) is 0. The van der Waals surface area contributed by atoms with Crippen LogP contribution >= 0.6 is 0 Å². The fourth-order valence-electron chi connectivity index (χ4n) is 3.85. The van der Waals surface area contributed by atoms with E-state index in [9.17, 15) is 18.8 Å². The molecule has 0 unspecified atom stereocenters. The molecule has 1 saturated heterocycles. The van der Waals surface area contributed by atoms with Gasteiger partial charge in [0.1, 0.15) is 18.0 Å². The summed E-state index contributed by atoms with van der Waals surface area (Å²) in [4.78, 5) is 23.1. The average molecular weight is 434 g/mol. The Balaban J connectivity index is 1.81. The molecule has 1 aromatic carbocycles. The third-order valence-corrected chi connectivity index (χ3v) is 5.82. The van der Waals surface area contributed by atoms with Gasteiger partial charge >= 0.3 is 0 Å². The Hall–Kier alpha value is -3.66. The molecule has 0 atom stereocenters. The van der Waals surface area contributed by atoms with E-state index in [0.29, 0.717) is 42.8 Å². The van der Waals surface area contributed by atoms with E-state index >= 15 is 0 Å². The zero-order valence-corrected chi connectivity index (χ0v) is 17.9. The van der Waals surface area contributed by atoms with Crippen molar-refractivity contribution in [2.75, 3.05) is 13.1 Å². The fourth-order valence-corrected chi connectivity index (χ4v) is 3.85. The Bertz CT molecular complexity index is 1070. The Labute approximate surface area is 186 Å². The average Bonchev–Trinajstić information content (AvgIpc) is 2.82. The van der Waals surface area contributed by atoms with Crippen LogP contribution in [0.5, 0.6) is 0 Å². The van der Waals surface area contributed by atoms with Gasteiger partial charge in [0, 0.05) is 30.4 Å². The monoisotopic (exact) mass is 434 g/mol. The number of amides is 1. The molecule has 32 heavy (non-hydrogen) atoms. The van der Waals surface area contributed by atoms with Crippen molar-refractivity contribution in [3.05, 3.63) is 90.1 Å². The van der Waals surface area contributed by atoms with Crippen molar-refractivity contribution in [3.63, 3.8) is 0 Å². The fraction of sp³-hybridized carbons (Fsp3) is 0.280. The first kappa shape index (κ1) is 23.0. The zero-order valence-electron chi connectivity index (χ0n) is 17.9. The number of nitriles is 1. The Kier molecular flexibility index (Phi) is 7.26. The van der Waals surface area contributed by atoms with Crippen LogP contribution in [0.15, 0.2) is 67.2 Å². The van der Waals surface area contributed by atoms with Gasteiger partial charge in [0.2, 0.25) is 0 Å². The summed E-state index contributed by atoms with van der Waals surface area (Å²) in [5.41, 5.74) is 0.787. The molecule has 0 saturated carbocycles. The minimum absolute atomic E-state index is 0.0247. The Morgan fingerprint density at radius 3 is 2.53 bits per heavy atom. The van der Waals surface area contributed by atoms with Crippen LogP contribution in [0.4, 0.5) is 8.78 Å². The lowest BCUT2D eigenvalue weighted by atomic mass is 9.74. The summed E-state index contributed by atoms with van der Waals surface area (Å²) in [6.07, 6.45) is 8.61. The van der Waals surface area contributed by atoms with E-state index in [-0.39, 0.29) is 17.9 Å². The predicted octanol–water partition coefficient (Wildman–Crippen LogP) is 4.65. The molecule has 1 aliphatic heterocycles. The molecule has 1 aliphatic rings. The van der Waals surface area contributed by atoms with Crippen molar-refractivity contribution < 1.29 is 13.6 Å². The van der Waals surface area contributed by atoms with E-state index < -0.39 is 17.0 Å². The molecule has 164 valence electrons. The quantitative estimate of drug-likeness (QED) is 0.490. The Morgan fingerprint density at radius 1 is 1.28 bits per heavy atom. The second kappa shape index (κ2) is 10.1. The number of likely N-dealkylation sites (tertiary alicyclic amines) is 1. The van der Waals surface area contributed by atoms with E-state index in [1.807, 2.05) is 6.92 Å². The minimum Gasteiger partial charge on any atom is -0.339 e. The van der Waals surface area contributed by atoms with Crippen LogP contribution in [0, 0.1) is 28.4 Å². The van der Waals surface area contributed by atoms with E-state index in [0.717, 1.165) is 0 Å². The first-order valence-corrected chi connectivity index (χ1v) is 10.3. The van der Waals surface area contributed by atoms with Crippen LogP contribution in [0.1, 0.15) is 31.0 Å². The summed E-state index contributed by atoms with van der Waals surface area (Å²) in [5, 5.41) is 9.83. The number of allylic oxidation sites excluding steroid dienone is 3. The number of piperidine rings is 1. The van der Waals surface area contributed by atoms with Gasteiger partial charge in [-0.15, -0.1) is 0 Å². The maximum atomic E-state index is 14.1. The summed E-state index contributed by atoms with van der Waals surface area (Å²) in [5.74, 6) is -1.50. The van der Waals surface area contributed by atoms with Gasteiger partial charge < -0.3 is 4.90 Å². The van der Waals surface area contributed by atoms with Gasteiger partial charge in [-0.05, 0) is 56.0 Å². The molecule has 1 aromatic heterocycles. The second-order valence-corrected chi connectivity index (χ2v) is 7.79. The molecule has 0 bridgehead atoms. The van der Waals surface area contributed by atoms with Gasteiger partial charge in [0.05, 0.1) is 17.2 Å². The van der Waals surface area contributed by atoms with Crippen LogP contribution in [0.2, 0.25) is 0 Å². The highest BCUT2D eigenvalue weighted by atomic mass is 19.1. The predicted molar refractivity (Wildman–Crippen MR) is 118 cm³/mol. The third kappa shape index (κ3) is 4.97. The van der Waals surface area contributed by atoms with Crippen molar-refractivity contribution in [1.82, 2.24) is 14.9 Å². The van der Waals surface area contributed by atoms with Crippen molar-refractivity contribution in [3.8, 4) is 6.07 Å². The first-order valence-electron chi connectivity index (χ1n) is 10.3. The van der Waals surface area contributed by atoms with Crippen LogP contribution in [0.3, 0.4) is 0 Å². The van der Waals surface area contributed by atoms with E-state index in [2.05, 4.69) is 22.6 Å². The normalized spacial score (nSPS) is 16.4. The summed E-state index contributed by atoms with van der Waals surface area (Å²) in [7, 11) is 0. The van der Waals surface area contributed by atoms with Crippen molar-refractivity contribution >= 4 is 11.5 Å². The second-order valence-electron chi connectivity index (χ2n) is 7.79. The zero-order chi connectivity index (χ0) is 23.1. The topological polar surface area (TPSA) is 69.9 Å². The maximum Gasteiger partial charge on any atom is 0.254 e. The molecule has 0 radical (unpaired) electrons. The first-order chi connectivity index (χ1) is 15.4. The smallest absolute Gasteiger partial charge is 0.254 e. The SMILES string of the molecule is C=C/C=C\C(C(=O)N1CCC(C#N)(Cc2c(F)cccc2F)CC1)=C(/C)c1ccncn1. The third-order valence-electron chi connectivity index (χ3n) is 5.82. The molecular weight excluding hydrogens is 410 g/mol. The standard InChI is InChI=1S/C25H24F2N4O/c1-3-4-6-19(18(2)23-9-12-29-17-30-23)24(32)31-13-10-25(16-28,11-14-31)15-20-21(26)7-5-8-22(20)27/h3-9,12,17H,1,10-11,13-15H2,2H3/b6-4-,19-18-. The molecule has 0 N–H and O–H groups in total. The number of carbonyl (C=O) groups is 1. The highest BCUT2D eigenvalue weighted by Crippen LogP contribution is 2.36. The minimum atomic E-state index is -0.928. The molecule has 2 aromatic rings. The summed E-state index contributed by atoms with van der Waals surface area (Å²) < 4.78 is 28.3. The molecular formula is C25H24F2N4O. The number of hydrogen-bond acceptors (Lipinski definition) is 4. The van der Waals surface area contributed by atoms with Crippen molar-refractivity contribution in [1.29, 1.82) is 5.26 Å². The molecule has 0 aliphatic carbocycles. The van der Waals surface area contributed by atoms with Crippen LogP contribution in [0.25, 0.3) is 5.57 Å². The summed E-state index contributed by atoms with van der Waals surface area (Å²) in [6, 6.07) is 7.69. The van der Waals surface area contributed by atoms with Crippen molar-refractivity contribution in [2.24, 2.45) is 5.41 Å². The largest absolute Gasteiger partial charge is 0.339 e. The van der Waals surface area contributed by atoms with Crippen LogP contribution < -0.4 is 0 Å². The molecule has 1 fully saturated rings. The van der Waals surface area contributed by atoms with E-state index in [4.69, 9.17) is 0 Å². The number of halogens is 2. The lowest BCUT2D eigenvalue weighted by molar-refractivity contribution is -0.128. The number of benzene rings is 1. The number of rotatable bonds is 6. The Morgan fingerprint density at radius 2 is 1.97 bits per heavy atom. The number of aromatic nitrogens is 2. The molecule has 0 spiro atoms. The lowest BCUT2D eigenvalue weighted by Gasteiger charge is -2.37. The number of nitrogens with zero attached hydrogens (tertiary/aromatic N) is 4. The number of carbonyl (C=O) groups excluding carboxylic acids is 1. The van der Waals surface area contributed by atoms with Gasteiger partial charge in [0.25, 0.3) is 5.91 Å². The lowest BCUT2D eigenvalue weighted by Crippen LogP contribution is -2.44. The summed E-state index contributed by atoms with van der Waals surface area (Å²) >= 11 is 0. The molecule has 1 amide bonds. The molecule has 7 heteroatoms. The highest BCUT2D eigenvalue weighted by molar-refractivity contribution is 6.03. The van der Waals surface area contributed by atoms with Crippen LogP contribution in [-0.4, -0.2) is 33.9 Å². The van der Waals surface area contributed by atoms with E-state index in [1.165, 1.54) is 24.5 Å². The van der Waals surface area contributed by atoms with Gasteiger partial charge in [-0.2, -0.15) is 5.26 Å². The molecule has 5 nitrogen and oxygen atoms in total. The summed E-state index contributed by atoms with van der Waals surface area (Å²) in [6.45, 7) is 6.10. The molecule has 3 rings (SSSR count). The van der Waals surface area contributed by atoms with Gasteiger partial charge in [0.15, 0.2) is 0 Å². The van der Waals surface area contributed by atoms with Crippen molar-refractivity contribution in [2.45, 2.75) is 26.2 Å². The van der Waals surface area contributed by atoms with Gasteiger partial charge in [-0.3, -0.25) is 4.79 Å². The van der Waals surface area contributed by atoms with Gasteiger partial charge in [-0.1, -0.05) is 24.8 Å².